The number of nitrogens with zero attached hydrogens (tertiary/aromatic N) is 2. The van der Waals surface area contributed by atoms with Gasteiger partial charge >= 0.3 is 0 Å². The fourth-order valence-electron chi connectivity index (χ4n) is 2.80. The van der Waals surface area contributed by atoms with Crippen LogP contribution in [0.3, 0.4) is 0 Å². The van der Waals surface area contributed by atoms with E-state index in [-0.39, 0.29) is 35.9 Å². The summed E-state index contributed by atoms with van der Waals surface area (Å²) in [6.07, 6.45) is 1.02. The minimum absolute atomic E-state index is 0.0199. The van der Waals surface area contributed by atoms with Crippen molar-refractivity contribution >= 4 is 23.0 Å². The molecule has 0 radical (unpaired) electrons. The molecular weight excluding hydrogens is 368 g/mol. The minimum atomic E-state index is -0.166. The van der Waals surface area contributed by atoms with Gasteiger partial charge in [-0.1, -0.05) is 24.3 Å². The number of hydrogen-bond donors (Lipinski definition) is 2. The highest BCUT2D eigenvalue weighted by Crippen LogP contribution is 2.18. The van der Waals surface area contributed by atoms with Gasteiger partial charge in [0.05, 0.1) is 11.1 Å². The van der Waals surface area contributed by atoms with Crippen LogP contribution in [0.4, 0.5) is 0 Å². The second kappa shape index (κ2) is 10.9. The first-order chi connectivity index (χ1) is 13.9. The van der Waals surface area contributed by atoms with Crippen molar-refractivity contribution in [1.82, 2.24) is 0 Å². The summed E-state index contributed by atoms with van der Waals surface area (Å²) in [5.41, 5.74) is 2.01. The molecule has 0 aliphatic carbocycles. The summed E-state index contributed by atoms with van der Waals surface area (Å²) in [6.45, 7) is 4.64. The van der Waals surface area contributed by atoms with Crippen molar-refractivity contribution in [1.29, 1.82) is 0 Å². The van der Waals surface area contributed by atoms with E-state index in [1.807, 2.05) is 0 Å². The van der Waals surface area contributed by atoms with E-state index in [1.54, 1.807) is 50.2 Å². The number of carbonyl (C=O) groups is 2. The maximum atomic E-state index is 12.2. The summed E-state index contributed by atoms with van der Waals surface area (Å²) < 4.78 is 0. The number of phenolic OH excluding ortho intramolecular Hbond substituents is 2. The summed E-state index contributed by atoms with van der Waals surface area (Å²) in [5, 5.41) is 19.5. The number of phenols is 2. The number of aromatic hydroxyl groups is 2. The first kappa shape index (κ1) is 22.0. The van der Waals surface area contributed by atoms with E-state index in [0.29, 0.717) is 42.1 Å². The van der Waals surface area contributed by atoms with Gasteiger partial charge in [0.2, 0.25) is 0 Å². The van der Waals surface area contributed by atoms with Crippen molar-refractivity contribution < 1.29 is 19.8 Å². The van der Waals surface area contributed by atoms with Crippen LogP contribution in [-0.2, 0) is 0 Å². The van der Waals surface area contributed by atoms with Crippen LogP contribution in [0.25, 0.3) is 0 Å². The van der Waals surface area contributed by atoms with Crippen LogP contribution in [0.15, 0.2) is 58.5 Å². The van der Waals surface area contributed by atoms with Crippen molar-refractivity contribution in [2.24, 2.45) is 9.98 Å². The van der Waals surface area contributed by atoms with Crippen molar-refractivity contribution in [3.8, 4) is 11.5 Å². The Hall–Kier alpha value is -3.28. The summed E-state index contributed by atoms with van der Waals surface area (Å²) in [6, 6.07) is 12.9. The van der Waals surface area contributed by atoms with Gasteiger partial charge in [0, 0.05) is 37.4 Å². The van der Waals surface area contributed by atoms with Crippen LogP contribution < -0.4 is 0 Å². The van der Waals surface area contributed by atoms with Crippen molar-refractivity contribution in [2.75, 3.05) is 13.1 Å². The van der Waals surface area contributed by atoms with Crippen LogP contribution in [0.5, 0.6) is 11.5 Å². The van der Waals surface area contributed by atoms with E-state index < -0.39 is 0 Å². The molecule has 0 aliphatic heterocycles. The summed E-state index contributed by atoms with van der Waals surface area (Å²) in [5.74, 6) is -0.372. The number of para-hydroxylation sites is 2. The largest absolute Gasteiger partial charge is 0.507 e. The van der Waals surface area contributed by atoms with Gasteiger partial charge in [0.1, 0.15) is 11.5 Å². The maximum Gasteiger partial charge on any atom is 0.172 e. The van der Waals surface area contributed by atoms with Crippen molar-refractivity contribution in [2.45, 2.75) is 33.1 Å². The van der Waals surface area contributed by atoms with E-state index in [4.69, 9.17) is 0 Å². The highest BCUT2D eigenvalue weighted by molar-refractivity contribution is 6.10. The highest BCUT2D eigenvalue weighted by atomic mass is 16.3. The molecule has 2 N–H and O–H groups in total. The van der Waals surface area contributed by atoms with Gasteiger partial charge in [-0.2, -0.15) is 0 Å². The van der Waals surface area contributed by atoms with E-state index in [9.17, 15) is 19.8 Å². The zero-order valence-electron chi connectivity index (χ0n) is 16.8. The van der Waals surface area contributed by atoms with Gasteiger partial charge in [0.15, 0.2) is 11.6 Å². The highest BCUT2D eigenvalue weighted by Gasteiger charge is 2.12. The quantitative estimate of drug-likeness (QED) is 0.357. The Kier molecular flexibility index (Phi) is 8.27. The average Bonchev–Trinajstić information content (AvgIpc) is 2.68. The average molecular weight is 394 g/mol. The lowest BCUT2D eigenvalue weighted by molar-refractivity contribution is 0.0989. The molecule has 0 heterocycles. The number of hydrogen-bond acceptors (Lipinski definition) is 6. The fourth-order valence-corrected chi connectivity index (χ4v) is 2.80. The topological polar surface area (TPSA) is 99.3 Å². The molecule has 6 nitrogen and oxygen atoms in total. The zero-order valence-corrected chi connectivity index (χ0v) is 16.8. The molecule has 0 aromatic heterocycles. The fraction of sp³-hybridized carbons (Fsp3) is 0.304. The Morgan fingerprint density at radius 3 is 1.48 bits per heavy atom. The Labute approximate surface area is 170 Å². The molecule has 0 aliphatic rings. The summed E-state index contributed by atoms with van der Waals surface area (Å²) in [4.78, 5) is 33.1. The van der Waals surface area contributed by atoms with E-state index in [2.05, 4.69) is 9.98 Å². The SMILES string of the molecule is CC(CC(=O)c1ccccc1O)=NCCCN=C(C)CC(=O)c1ccccc1O. The van der Waals surface area contributed by atoms with E-state index in [1.165, 1.54) is 12.1 Å². The van der Waals surface area contributed by atoms with Gasteiger partial charge in [-0.25, -0.2) is 0 Å². The summed E-state index contributed by atoms with van der Waals surface area (Å²) in [7, 11) is 0. The molecule has 0 spiro atoms. The second-order valence-corrected chi connectivity index (χ2v) is 6.82. The minimum Gasteiger partial charge on any atom is -0.507 e. The van der Waals surface area contributed by atoms with Crippen LogP contribution in [0.1, 0.15) is 53.8 Å². The number of carbonyl (C=O) groups excluding carboxylic acids is 2. The molecule has 152 valence electrons. The predicted molar refractivity (Wildman–Crippen MR) is 115 cm³/mol. The molecule has 2 rings (SSSR count). The Morgan fingerprint density at radius 1 is 0.724 bits per heavy atom. The van der Waals surface area contributed by atoms with Crippen LogP contribution in [-0.4, -0.2) is 46.3 Å². The molecule has 0 unspecified atom stereocenters. The van der Waals surface area contributed by atoms with Crippen LogP contribution in [0, 0.1) is 0 Å². The predicted octanol–water partition coefficient (Wildman–Crippen LogP) is 4.26. The molecule has 6 heteroatoms. The third-order valence-electron chi connectivity index (χ3n) is 4.32. The molecule has 0 fully saturated rings. The molecule has 0 atom stereocenters. The number of benzene rings is 2. The lowest BCUT2D eigenvalue weighted by Crippen LogP contribution is -2.07. The third-order valence-corrected chi connectivity index (χ3v) is 4.32. The van der Waals surface area contributed by atoms with Crippen molar-refractivity contribution in [3.63, 3.8) is 0 Å². The molecular formula is C23H26N2O4. The van der Waals surface area contributed by atoms with Gasteiger partial charge in [0.25, 0.3) is 0 Å². The Bertz CT molecular complexity index is 856. The molecule has 0 saturated heterocycles. The third kappa shape index (κ3) is 6.99. The number of aliphatic imine (C=N–C) groups is 2. The lowest BCUT2D eigenvalue weighted by Gasteiger charge is -2.04. The van der Waals surface area contributed by atoms with Crippen LogP contribution >= 0.6 is 0 Å². The number of Topliss-reactive ketones (excluding diaryl/α,β-unsaturated/α-hetero) is 2. The van der Waals surface area contributed by atoms with Gasteiger partial charge in [-0.05, 0) is 44.5 Å². The molecule has 0 saturated carbocycles. The molecule has 0 amide bonds. The smallest absolute Gasteiger partial charge is 0.172 e. The number of rotatable bonds is 10. The van der Waals surface area contributed by atoms with E-state index >= 15 is 0 Å². The lowest BCUT2D eigenvalue weighted by atomic mass is 10.1. The first-order valence-corrected chi connectivity index (χ1v) is 9.50. The zero-order chi connectivity index (χ0) is 21.2. The summed E-state index contributed by atoms with van der Waals surface area (Å²) >= 11 is 0. The molecule has 29 heavy (non-hydrogen) atoms. The van der Waals surface area contributed by atoms with Crippen molar-refractivity contribution in [3.05, 3.63) is 59.7 Å². The van der Waals surface area contributed by atoms with Crippen LogP contribution in [0.2, 0.25) is 0 Å². The normalized spacial score (nSPS) is 12.1. The Morgan fingerprint density at radius 2 is 1.10 bits per heavy atom. The standard InChI is InChI=1S/C23H26N2O4/c1-16(14-22(28)18-8-3-5-10-20(18)26)24-12-7-13-25-17(2)15-23(29)19-9-4-6-11-21(19)27/h3-6,8-11,26-27H,7,12-15H2,1-2H3. The molecule has 0 bridgehead atoms. The maximum absolute atomic E-state index is 12.2. The monoisotopic (exact) mass is 394 g/mol. The van der Waals surface area contributed by atoms with Gasteiger partial charge < -0.3 is 10.2 Å². The Balaban J connectivity index is 1.76. The van der Waals surface area contributed by atoms with Gasteiger partial charge in [-0.15, -0.1) is 0 Å². The second-order valence-electron chi connectivity index (χ2n) is 6.82. The van der Waals surface area contributed by atoms with E-state index in [0.717, 1.165) is 0 Å². The first-order valence-electron chi connectivity index (χ1n) is 9.50. The molecule has 2 aromatic rings. The molecule has 2 aromatic carbocycles. The number of ketones is 2. The van der Waals surface area contributed by atoms with Gasteiger partial charge in [-0.3, -0.25) is 19.6 Å².